The van der Waals surface area contributed by atoms with Gasteiger partial charge in [0, 0.05) is 25.1 Å². The minimum atomic E-state index is -0.330. The molecule has 0 amide bonds. The highest BCUT2D eigenvalue weighted by atomic mass is 32.1. The highest BCUT2D eigenvalue weighted by Gasteiger charge is 2.05. The fourth-order valence-electron chi connectivity index (χ4n) is 0.810. The molecule has 0 fully saturated rings. The third-order valence-corrected chi connectivity index (χ3v) is 1.99. The normalized spacial score (nSPS) is 13.0. The van der Waals surface area contributed by atoms with Gasteiger partial charge in [-0.3, -0.25) is 0 Å². The Morgan fingerprint density at radius 1 is 1.82 bits per heavy atom. The molecule has 0 aliphatic carbocycles. The van der Waals surface area contributed by atoms with E-state index in [1.165, 1.54) is 17.9 Å². The van der Waals surface area contributed by atoms with Crippen LogP contribution in [-0.2, 0) is 0 Å². The van der Waals surface area contributed by atoms with Crippen LogP contribution in [0.5, 0.6) is 0 Å². The maximum absolute atomic E-state index is 9.04. The molecule has 1 aromatic heterocycles. The molecule has 5 heteroatoms. The summed E-state index contributed by atoms with van der Waals surface area (Å²) in [6.45, 7) is 2.34. The Hall–Kier alpha value is -0.680. The maximum atomic E-state index is 9.04. The zero-order valence-electron chi connectivity index (χ0n) is 6.56. The van der Waals surface area contributed by atoms with E-state index >= 15 is 0 Å². The quantitative estimate of drug-likeness (QED) is 0.716. The Morgan fingerprint density at radius 2 is 2.55 bits per heavy atom. The second kappa shape index (κ2) is 3.64. The summed E-state index contributed by atoms with van der Waals surface area (Å²) in [5.41, 5.74) is 0. The molecule has 0 saturated heterocycles. The van der Waals surface area contributed by atoms with Gasteiger partial charge in [0.25, 0.3) is 0 Å². The van der Waals surface area contributed by atoms with Crippen LogP contribution in [0.2, 0.25) is 0 Å². The zero-order valence-corrected chi connectivity index (χ0v) is 7.38. The van der Waals surface area contributed by atoms with E-state index in [4.69, 9.17) is 5.11 Å². The lowest BCUT2D eigenvalue weighted by atomic mass is 10.4. The number of likely N-dealkylation sites (N-methyl/N-ethyl adjacent to an activating group) is 1. The van der Waals surface area contributed by atoms with E-state index in [0.717, 1.165) is 5.13 Å². The minimum Gasteiger partial charge on any atom is -0.392 e. The largest absolute Gasteiger partial charge is 0.392 e. The van der Waals surface area contributed by atoms with Crippen molar-refractivity contribution < 1.29 is 5.11 Å². The predicted molar refractivity (Wildman–Crippen MR) is 44.9 cm³/mol. The maximum Gasteiger partial charge on any atom is 0.204 e. The second-order valence-electron chi connectivity index (χ2n) is 2.45. The van der Waals surface area contributed by atoms with Gasteiger partial charge in [-0.15, -0.1) is 0 Å². The molecule has 1 rings (SSSR count). The molecule has 0 saturated carbocycles. The van der Waals surface area contributed by atoms with Gasteiger partial charge in [0.15, 0.2) is 0 Å². The second-order valence-corrected chi connectivity index (χ2v) is 3.21. The van der Waals surface area contributed by atoms with Crippen LogP contribution < -0.4 is 4.90 Å². The number of hydrogen-bond donors (Lipinski definition) is 1. The molecule has 0 aromatic carbocycles. The van der Waals surface area contributed by atoms with Gasteiger partial charge in [0.1, 0.15) is 6.33 Å². The minimum absolute atomic E-state index is 0.330. The smallest absolute Gasteiger partial charge is 0.204 e. The molecule has 0 bridgehead atoms. The highest BCUT2D eigenvalue weighted by Crippen LogP contribution is 2.12. The molecule has 1 heterocycles. The number of hydrogen-bond acceptors (Lipinski definition) is 5. The summed E-state index contributed by atoms with van der Waals surface area (Å²) in [4.78, 5) is 5.87. The van der Waals surface area contributed by atoms with Crippen molar-refractivity contribution in [1.29, 1.82) is 0 Å². The van der Waals surface area contributed by atoms with Gasteiger partial charge < -0.3 is 10.0 Å². The highest BCUT2D eigenvalue weighted by molar-refractivity contribution is 7.09. The number of anilines is 1. The lowest BCUT2D eigenvalue weighted by molar-refractivity contribution is 0.201. The standard InChI is InChI=1S/C6H11N3OS/c1-5(10)3-9(2)6-7-4-8-11-6/h4-5,10H,3H2,1-2H3. The molecular weight excluding hydrogens is 162 g/mol. The van der Waals surface area contributed by atoms with Crippen molar-refractivity contribution in [3.05, 3.63) is 6.33 Å². The van der Waals surface area contributed by atoms with Crippen molar-refractivity contribution in [2.24, 2.45) is 0 Å². The van der Waals surface area contributed by atoms with Crippen LogP contribution >= 0.6 is 11.5 Å². The van der Waals surface area contributed by atoms with Crippen molar-refractivity contribution in [2.75, 3.05) is 18.5 Å². The van der Waals surface area contributed by atoms with Gasteiger partial charge in [-0.2, -0.15) is 4.37 Å². The van der Waals surface area contributed by atoms with Gasteiger partial charge in [-0.05, 0) is 6.92 Å². The molecule has 11 heavy (non-hydrogen) atoms. The lowest BCUT2D eigenvalue weighted by Gasteiger charge is -2.16. The number of aliphatic hydroxyl groups excluding tert-OH is 1. The first-order valence-corrected chi connectivity index (χ1v) is 4.13. The molecule has 4 nitrogen and oxygen atoms in total. The van der Waals surface area contributed by atoms with E-state index in [1.54, 1.807) is 6.92 Å². The lowest BCUT2D eigenvalue weighted by Crippen LogP contribution is -2.26. The van der Waals surface area contributed by atoms with E-state index in [0.29, 0.717) is 6.54 Å². The Bertz CT molecular complexity index is 200. The van der Waals surface area contributed by atoms with Gasteiger partial charge in [0.05, 0.1) is 6.10 Å². The third kappa shape index (κ3) is 2.44. The average Bonchev–Trinajstić information content (AvgIpc) is 2.35. The molecule has 0 aliphatic heterocycles. The van der Waals surface area contributed by atoms with Crippen molar-refractivity contribution in [2.45, 2.75) is 13.0 Å². The number of aliphatic hydroxyl groups is 1. The van der Waals surface area contributed by atoms with E-state index < -0.39 is 0 Å². The van der Waals surface area contributed by atoms with Gasteiger partial charge >= 0.3 is 0 Å². The van der Waals surface area contributed by atoms with Crippen LogP contribution in [0, 0.1) is 0 Å². The number of aromatic nitrogens is 2. The number of rotatable bonds is 3. The summed E-state index contributed by atoms with van der Waals surface area (Å²) < 4.78 is 3.86. The Labute approximate surface area is 69.7 Å². The first-order chi connectivity index (χ1) is 5.20. The van der Waals surface area contributed by atoms with Gasteiger partial charge in [-0.25, -0.2) is 4.98 Å². The molecule has 0 spiro atoms. The first-order valence-electron chi connectivity index (χ1n) is 3.36. The van der Waals surface area contributed by atoms with Crippen LogP contribution in [0.1, 0.15) is 6.92 Å². The average molecular weight is 173 g/mol. The van der Waals surface area contributed by atoms with Crippen LogP contribution in [0.4, 0.5) is 5.13 Å². The molecule has 1 unspecified atom stereocenters. The molecule has 1 aromatic rings. The van der Waals surface area contributed by atoms with E-state index in [2.05, 4.69) is 9.36 Å². The molecule has 62 valence electrons. The van der Waals surface area contributed by atoms with Crippen LogP contribution in [0.25, 0.3) is 0 Å². The van der Waals surface area contributed by atoms with Gasteiger partial charge in [0.2, 0.25) is 5.13 Å². The van der Waals surface area contributed by atoms with Crippen molar-refractivity contribution in [3.63, 3.8) is 0 Å². The first kappa shape index (κ1) is 8.42. The molecular formula is C6H11N3OS. The Balaban J connectivity index is 2.49. The van der Waals surface area contributed by atoms with Crippen molar-refractivity contribution in [1.82, 2.24) is 9.36 Å². The summed E-state index contributed by atoms with van der Waals surface area (Å²) in [5.74, 6) is 0. The van der Waals surface area contributed by atoms with E-state index in [1.807, 2.05) is 11.9 Å². The van der Waals surface area contributed by atoms with Crippen molar-refractivity contribution >= 4 is 16.7 Å². The van der Waals surface area contributed by atoms with Crippen LogP contribution in [0.15, 0.2) is 6.33 Å². The molecule has 1 atom stereocenters. The summed E-state index contributed by atoms with van der Waals surface area (Å²) in [6, 6.07) is 0. The van der Waals surface area contributed by atoms with Crippen molar-refractivity contribution in [3.8, 4) is 0 Å². The third-order valence-electron chi connectivity index (χ3n) is 1.21. The fraction of sp³-hybridized carbons (Fsp3) is 0.667. The van der Waals surface area contributed by atoms with Crippen LogP contribution in [0.3, 0.4) is 0 Å². The Morgan fingerprint density at radius 3 is 3.00 bits per heavy atom. The summed E-state index contributed by atoms with van der Waals surface area (Å²) >= 11 is 1.33. The summed E-state index contributed by atoms with van der Waals surface area (Å²) in [7, 11) is 1.88. The zero-order chi connectivity index (χ0) is 8.27. The Kier molecular flexibility index (Phi) is 2.78. The molecule has 0 aliphatic rings. The summed E-state index contributed by atoms with van der Waals surface area (Å²) in [5, 5.41) is 9.88. The summed E-state index contributed by atoms with van der Waals surface area (Å²) in [6.07, 6.45) is 1.18. The molecule has 1 N–H and O–H groups in total. The predicted octanol–water partition coefficient (Wildman–Crippen LogP) is 0.355. The SMILES string of the molecule is CC(O)CN(C)c1ncns1. The monoisotopic (exact) mass is 173 g/mol. The topological polar surface area (TPSA) is 49.2 Å². The molecule has 0 radical (unpaired) electrons. The van der Waals surface area contributed by atoms with E-state index in [9.17, 15) is 0 Å². The number of nitrogens with zero attached hydrogens (tertiary/aromatic N) is 3. The fourth-order valence-corrected chi connectivity index (χ4v) is 1.31. The van der Waals surface area contributed by atoms with Crippen LogP contribution in [-0.4, -0.2) is 34.2 Å². The van der Waals surface area contributed by atoms with Gasteiger partial charge in [-0.1, -0.05) is 0 Å². The van der Waals surface area contributed by atoms with E-state index in [-0.39, 0.29) is 6.10 Å².